The van der Waals surface area contributed by atoms with Crippen LogP contribution >= 0.6 is 12.6 Å². The van der Waals surface area contributed by atoms with Crippen LogP contribution in [-0.4, -0.2) is 11.0 Å². The monoisotopic (exact) mass is 207 g/mol. The van der Waals surface area contributed by atoms with Gasteiger partial charge in [-0.25, -0.2) is 9.78 Å². The van der Waals surface area contributed by atoms with Crippen LogP contribution in [0.1, 0.15) is 15.9 Å². The number of carbonyl (C=O) groups is 1. The molecule has 4 nitrogen and oxygen atoms in total. The summed E-state index contributed by atoms with van der Waals surface area (Å²) in [6.07, 6.45) is 0. The lowest BCUT2D eigenvalue weighted by Crippen LogP contribution is -1.93. The molecule has 70 valence electrons. The van der Waals surface area contributed by atoms with Crippen molar-refractivity contribution in [1.29, 1.82) is 0 Å². The molecule has 2 aromatic rings. The fourth-order valence-corrected chi connectivity index (χ4v) is 1.78. The fraction of sp³-hybridized carbons (Fsp3) is 0.111. The van der Waals surface area contributed by atoms with E-state index in [1.165, 1.54) is 0 Å². The largest absolute Gasteiger partial charge is 0.457 e. The molecule has 0 radical (unpaired) electrons. The average Bonchev–Trinajstić information content (AvgIpc) is 2.68. The first-order valence-electron chi connectivity index (χ1n) is 4.04. The van der Waals surface area contributed by atoms with Crippen molar-refractivity contribution in [1.82, 2.24) is 4.98 Å². The topological polar surface area (TPSA) is 52.3 Å². The zero-order valence-electron chi connectivity index (χ0n) is 6.98. The first kappa shape index (κ1) is 7.87. The van der Waals surface area contributed by atoms with Crippen LogP contribution in [0, 0.1) is 0 Å². The summed E-state index contributed by atoms with van der Waals surface area (Å²) in [5.41, 5.74) is 2.42. The van der Waals surface area contributed by atoms with Gasteiger partial charge in [0.1, 0.15) is 17.7 Å². The number of benzene rings is 1. The number of nitrogens with zero attached hydrogens (tertiary/aromatic N) is 1. The molecule has 14 heavy (non-hydrogen) atoms. The van der Waals surface area contributed by atoms with E-state index in [0.29, 0.717) is 23.3 Å². The smallest absolute Gasteiger partial charge is 0.342 e. The first-order chi connectivity index (χ1) is 6.75. The van der Waals surface area contributed by atoms with Crippen molar-refractivity contribution in [3.8, 4) is 0 Å². The molecule has 5 heteroatoms. The van der Waals surface area contributed by atoms with Crippen molar-refractivity contribution in [2.75, 3.05) is 0 Å². The van der Waals surface area contributed by atoms with Gasteiger partial charge < -0.3 is 9.15 Å². The molecule has 3 rings (SSSR count). The van der Waals surface area contributed by atoms with Crippen LogP contribution in [0.25, 0.3) is 11.1 Å². The third-order valence-electron chi connectivity index (χ3n) is 2.20. The zero-order valence-corrected chi connectivity index (χ0v) is 7.88. The molecule has 0 atom stereocenters. The molecule has 1 aliphatic rings. The second-order valence-corrected chi connectivity index (χ2v) is 3.40. The predicted molar refractivity (Wildman–Crippen MR) is 50.4 cm³/mol. The number of cyclic esters (lactones) is 1. The van der Waals surface area contributed by atoms with Crippen LogP contribution in [0.4, 0.5) is 0 Å². The van der Waals surface area contributed by atoms with Crippen molar-refractivity contribution in [3.05, 3.63) is 23.3 Å². The SMILES string of the molecule is O=C1OCc2ccc3nc(S)oc3c21. The molecular formula is C9H5NO3S. The lowest BCUT2D eigenvalue weighted by Gasteiger charge is -1.92. The van der Waals surface area contributed by atoms with E-state index in [9.17, 15) is 4.79 Å². The van der Waals surface area contributed by atoms with Crippen LogP contribution < -0.4 is 0 Å². The van der Waals surface area contributed by atoms with Gasteiger partial charge in [0.15, 0.2) is 5.58 Å². The molecule has 0 saturated carbocycles. The molecule has 0 saturated heterocycles. The maximum atomic E-state index is 11.4. The molecule has 1 aromatic carbocycles. The van der Waals surface area contributed by atoms with Crippen LogP contribution in [-0.2, 0) is 11.3 Å². The van der Waals surface area contributed by atoms with Crippen LogP contribution in [0.3, 0.4) is 0 Å². The molecule has 0 unspecified atom stereocenters. The number of ether oxygens (including phenoxy) is 1. The minimum atomic E-state index is -0.352. The average molecular weight is 207 g/mol. The van der Waals surface area contributed by atoms with E-state index in [2.05, 4.69) is 17.6 Å². The summed E-state index contributed by atoms with van der Waals surface area (Å²) >= 11 is 3.98. The number of aromatic nitrogens is 1. The third kappa shape index (κ3) is 0.899. The number of fused-ring (bicyclic) bond motifs is 3. The second-order valence-electron chi connectivity index (χ2n) is 3.02. The highest BCUT2D eigenvalue weighted by Crippen LogP contribution is 2.29. The molecule has 0 N–H and O–H groups in total. The van der Waals surface area contributed by atoms with Crippen molar-refractivity contribution in [2.45, 2.75) is 11.8 Å². The third-order valence-corrected chi connectivity index (χ3v) is 2.39. The van der Waals surface area contributed by atoms with Crippen molar-refractivity contribution >= 4 is 29.7 Å². The van der Waals surface area contributed by atoms with E-state index in [1.807, 2.05) is 6.07 Å². The maximum absolute atomic E-state index is 11.4. The van der Waals surface area contributed by atoms with Gasteiger partial charge in [-0.05, 0) is 6.07 Å². The number of thiol groups is 1. The highest BCUT2D eigenvalue weighted by Gasteiger charge is 2.26. The number of hydrogen-bond acceptors (Lipinski definition) is 5. The van der Waals surface area contributed by atoms with E-state index in [-0.39, 0.29) is 11.2 Å². The van der Waals surface area contributed by atoms with E-state index in [0.717, 1.165) is 5.56 Å². The molecule has 0 amide bonds. The van der Waals surface area contributed by atoms with Gasteiger partial charge in [0, 0.05) is 5.56 Å². The minimum absolute atomic E-state index is 0.258. The number of rotatable bonds is 0. The summed E-state index contributed by atoms with van der Waals surface area (Å²) < 4.78 is 10.1. The Morgan fingerprint density at radius 1 is 1.43 bits per heavy atom. The standard InChI is InChI=1S/C9H5NO3S/c11-8-6-4(3-12-8)1-2-5-7(6)13-9(14)10-5/h1-2H,3H2,(H,10,14). The molecule has 1 aliphatic heterocycles. The Balaban J connectivity index is 2.46. The summed E-state index contributed by atoms with van der Waals surface area (Å²) in [5, 5.41) is 0.258. The van der Waals surface area contributed by atoms with E-state index >= 15 is 0 Å². The highest BCUT2D eigenvalue weighted by atomic mass is 32.1. The van der Waals surface area contributed by atoms with Gasteiger partial charge in [-0.2, -0.15) is 0 Å². The molecule has 0 bridgehead atoms. The maximum Gasteiger partial charge on any atom is 0.342 e. The van der Waals surface area contributed by atoms with Gasteiger partial charge in [0.05, 0.1) is 0 Å². The van der Waals surface area contributed by atoms with Crippen LogP contribution in [0.15, 0.2) is 21.8 Å². The quantitative estimate of drug-likeness (QED) is 0.528. The molecule has 0 spiro atoms. The fourth-order valence-electron chi connectivity index (χ4n) is 1.58. The molecule has 1 aromatic heterocycles. The predicted octanol–water partition coefficient (Wildman–Crippen LogP) is 1.79. The summed E-state index contributed by atoms with van der Waals surface area (Å²) in [5.74, 6) is -0.352. The van der Waals surface area contributed by atoms with Crippen LogP contribution in [0.2, 0.25) is 0 Å². The Labute approximate surface area is 84.3 Å². The van der Waals surface area contributed by atoms with Gasteiger partial charge >= 0.3 is 5.97 Å². The highest BCUT2D eigenvalue weighted by molar-refractivity contribution is 7.80. The number of esters is 1. The van der Waals surface area contributed by atoms with E-state index < -0.39 is 0 Å². The van der Waals surface area contributed by atoms with E-state index in [1.54, 1.807) is 6.07 Å². The van der Waals surface area contributed by atoms with Gasteiger partial charge in [0.25, 0.3) is 5.22 Å². The molecule has 0 fully saturated rings. The molecule has 2 heterocycles. The van der Waals surface area contributed by atoms with Gasteiger partial charge in [-0.1, -0.05) is 18.7 Å². The molecular weight excluding hydrogens is 202 g/mol. The summed E-state index contributed by atoms with van der Waals surface area (Å²) in [6.45, 7) is 0.312. The summed E-state index contributed by atoms with van der Waals surface area (Å²) in [7, 11) is 0. The van der Waals surface area contributed by atoms with Gasteiger partial charge in [0.2, 0.25) is 0 Å². The number of oxazole rings is 1. The Morgan fingerprint density at radius 2 is 2.29 bits per heavy atom. The van der Waals surface area contributed by atoms with Crippen molar-refractivity contribution < 1.29 is 13.9 Å². The Kier molecular flexibility index (Phi) is 1.41. The van der Waals surface area contributed by atoms with Gasteiger partial charge in [-0.15, -0.1) is 0 Å². The Morgan fingerprint density at radius 3 is 3.14 bits per heavy atom. The van der Waals surface area contributed by atoms with Crippen molar-refractivity contribution in [3.63, 3.8) is 0 Å². The number of carbonyl (C=O) groups excluding carboxylic acids is 1. The zero-order chi connectivity index (χ0) is 9.71. The first-order valence-corrected chi connectivity index (χ1v) is 4.49. The lowest BCUT2D eigenvalue weighted by molar-refractivity contribution is 0.0535. The van der Waals surface area contributed by atoms with Crippen molar-refractivity contribution in [2.24, 2.45) is 0 Å². The summed E-state index contributed by atoms with van der Waals surface area (Å²) in [4.78, 5) is 15.4. The normalized spacial score (nSPS) is 14.5. The number of hydrogen-bond donors (Lipinski definition) is 1. The van der Waals surface area contributed by atoms with E-state index in [4.69, 9.17) is 9.15 Å². The lowest BCUT2D eigenvalue weighted by atomic mass is 10.1. The molecule has 0 aliphatic carbocycles. The van der Waals surface area contributed by atoms with Gasteiger partial charge in [-0.3, -0.25) is 0 Å². The second kappa shape index (κ2) is 2.51. The Hall–Kier alpha value is -1.49. The minimum Gasteiger partial charge on any atom is -0.457 e. The van der Waals surface area contributed by atoms with Crippen LogP contribution in [0.5, 0.6) is 0 Å². The summed E-state index contributed by atoms with van der Waals surface area (Å²) in [6, 6.07) is 3.61. The Bertz CT molecular complexity index is 546.